The Morgan fingerprint density at radius 1 is 0.955 bits per heavy atom. The molecule has 1 fully saturated rings. The van der Waals surface area contributed by atoms with E-state index in [-0.39, 0.29) is 36.3 Å². The van der Waals surface area contributed by atoms with Crippen molar-refractivity contribution in [3.8, 4) is 0 Å². The van der Waals surface area contributed by atoms with Crippen molar-refractivity contribution in [3.63, 3.8) is 0 Å². The van der Waals surface area contributed by atoms with E-state index in [0.717, 1.165) is 65.4 Å². The molecule has 0 bridgehead atoms. The number of nitrogens with one attached hydrogen (secondary N) is 1. The Labute approximate surface area is 259 Å². The van der Waals surface area contributed by atoms with Gasteiger partial charge in [-0.2, -0.15) is 0 Å². The topological polar surface area (TPSA) is 130 Å². The van der Waals surface area contributed by atoms with E-state index < -0.39 is 33.4 Å². The molecule has 0 spiro atoms. The smallest absolute Gasteiger partial charge is 0.271 e. The summed E-state index contributed by atoms with van der Waals surface area (Å²) in [5.41, 5.74) is 2.80. The summed E-state index contributed by atoms with van der Waals surface area (Å²) in [7, 11) is -4.06. The number of benzene rings is 3. The van der Waals surface area contributed by atoms with Crippen LogP contribution in [0, 0.1) is 24.0 Å². The number of nitro benzene ring substituents is 1. The first-order chi connectivity index (χ1) is 20.9. The van der Waals surface area contributed by atoms with Crippen molar-refractivity contribution in [1.29, 1.82) is 0 Å². The minimum atomic E-state index is -4.06. The molecular weight excluding hydrogens is 580 g/mol. The third kappa shape index (κ3) is 8.43. The van der Waals surface area contributed by atoms with Crippen molar-refractivity contribution in [2.45, 2.75) is 71.0 Å². The zero-order valence-electron chi connectivity index (χ0n) is 25.4. The second-order valence-corrected chi connectivity index (χ2v) is 13.4. The van der Waals surface area contributed by atoms with Crippen LogP contribution in [0.4, 0.5) is 11.4 Å². The fraction of sp³-hybridized carbons (Fsp3) is 0.394. The number of nitrogens with zero attached hydrogens (tertiary/aromatic N) is 3. The lowest BCUT2D eigenvalue weighted by Gasteiger charge is -2.35. The highest BCUT2D eigenvalue weighted by Gasteiger charge is 2.35. The van der Waals surface area contributed by atoms with Crippen molar-refractivity contribution < 1.29 is 22.9 Å². The third-order valence-corrected chi connectivity index (χ3v) is 9.30. The van der Waals surface area contributed by atoms with Gasteiger partial charge in [0.05, 0.1) is 16.9 Å². The minimum absolute atomic E-state index is 0.00460. The summed E-state index contributed by atoms with van der Waals surface area (Å²) in [4.78, 5) is 40.8. The number of aryl methyl sites for hydroxylation is 2. The largest absolute Gasteiger partial charge is 0.352 e. The van der Waals surface area contributed by atoms with E-state index in [9.17, 15) is 28.1 Å². The number of carbonyl (C=O) groups excluding carboxylic acids is 2. The summed E-state index contributed by atoms with van der Waals surface area (Å²) in [5, 5.41) is 14.7. The maximum atomic E-state index is 14.4. The molecule has 0 unspecified atom stereocenters. The number of nitro groups is 1. The molecule has 10 nitrogen and oxygen atoms in total. The molecule has 4 rings (SSSR count). The van der Waals surface area contributed by atoms with Crippen molar-refractivity contribution in [2.24, 2.45) is 0 Å². The number of anilines is 1. The first kappa shape index (κ1) is 32.7. The van der Waals surface area contributed by atoms with Gasteiger partial charge in [-0.1, -0.05) is 79.9 Å². The molecule has 1 aliphatic rings. The summed E-state index contributed by atoms with van der Waals surface area (Å²) in [6.45, 7) is 2.99. The zero-order valence-corrected chi connectivity index (χ0v) is 26.3. The average Bonchev–Trinajstić information content (AvgIpc) is 2.99. The maximum absolute atomic E-state index is 14.4. The van der Waals surface area contributed by atoms with Gasteiger partial charge in [0.15, 0.2) is 0 Å². The SMILES string of the molecule is Cc1ccccc1CN(C(=O)CN(c1cc([N+](=O)[O-])ccc1C)S(C)(=O)=O)[C@@H](Cc1ccccc1)C(=O)NC1CCCCC1. The number of amides is 2. The van der Waals surface area contributed by atoms with Crippen LogP contribution in [0.5, 0.6) is 0 Å². The van der Waals surface area contributed by atoms with Crippen molar-refractivity contribution in [1.82, 2.24) is 10.2 Å². The fourth-order valence-corrected chi connectivity index (χ4v) is 6.54. The zero-order chi connectivity index (χ0) is 31.9. The van der Waals surface area contributed by atoms with E-state index in [0.29, 0.717) is 5.56 Å². The molecular formula is C33H40N4O6S. The molecule has 0 aliphatic heterocycles. The lowest BCUT2D eigenvalue weighted by Crippen LogP contribution is -2.55. The predicted molar refractivity (Wildman–Crippen MR) is 171 cm³/mol. The van der Waals surface area contributed by atoms with Crippen LogP contribution < -0.4 is 9.62 Å². The van der Waals surface area contributed by atoms with Gasteiger partial charge in [0.1, 0.15) is 12.6 Å². The second-order valence-electron chi connectivity index (χ2n) is 11.5. The minimum Gasteiger partial charge on any atom is -0.352 e. The Kier molecular flexibility index (Phi) is 10.7. The molecule has 0 saturated heterocycles. The number of hydrogen-bond acceptors (Lipinski definition) is 6. The fourth-order valence-electron chi connectivity index (χ4n) is 5.64. The molecule has 1 saturated carbocycles. The van der Waals surface area contributed by atoms with Crippen LogP contribution in [0.25, 0.3) is 0 Å². The molecule has 1 N–H and O–H groups in total. The van der Waals surface area contributed by atoms with E-state index in [2.05, 4.69) is 5.32 Å². The number of carbonyl (C=O) groups is 2. The second kappa shape index (κ2) is 14.5. The molecule has 234 valence electrons. The van der Waals surface area contributed by atoms with Gasteiger partial charge < -0.3 is 10.2 Å². The molecule has 44 heavy (non-hydrogen) atoms. The van der Waals surface area contributed by atoms with Crippen molar-refractivity contribution in [3.05, 3.63) is 105 Å². The average molecular weight is 621 g/mol. The van der Waals surface area contributed by atoms with Crippen molar-refractivity contribution in [2.75, 3.05) is 17.1 Å². The molecule has 1 aliphatic carbocycles. The van der Waals surface area contributed by atoms with Crippen LogP contribution >= 0.6 is 0 Å². The highest BCUT2D eigenvalue weighted by atomic mass is 32.2. The quantitative estimate of drug-likeness (QED) is 0.222. The Hall–Kier alpha value is -4.25. The predicted octanol–water partition coefficient (Wildman–Crippen LogP) is 5.07. The summed E-state index contributed by atoms with van der Waals surface area (Å²) in [6, 6.07) is 19.9. The monoisotopic (exact) mass is 620 g/mol. The Balaban J connectivity index is 1.77. The molecule has 1 atom stereocenters. The van der Waals surface area contributed by atoms with Gasteiger partial charge in [-0.25, -0.2) is 8.42 Å². The summed E-state index contributed by atoms with van der Waals surface area (Å²) >= 11 is 0. The molecule has 3 aromatic carbocycles. The molecule has 0 heterocycles. The molecule has 0 radical (unpaired) electrons. The van der Waals surface area contributed by atoms with Gasteiger partial charge in [0.2, 0.25) is 21.8 Å². The van der Waals surface area contributed by atoms with Gasteiger partial charge in [0, 0.05) is 31.1 Å². The lowest BCUT2D eigenvalue weighted by molar-refractivity contribution is -0.384. The number of hydrogen-bond donors (Lipinski definition) is 1. The van der Waals surface area contributed by atoms with Crippen LogP contribution in [-0.2, 0) is 32.6 Å². The van der Waals surface area contributed by atoms with Gasteiger partial charge in [-0.05, 0) is 48.9 Å². The van der Waals surface area contributed by atoms with Gasteiger partial charge >= 0.3 is 0 Å². The highest BCUT2D eigenvalue weighted by molar-refractivity contribution is 7.92. The first-order valence-corrected chi connectivity index (χ1v) is 16.7. The summed E-state index contributed by atoms with van der Waals surface area (Å²) in [5.74, 6) is -0.885. The summed E-state index contributed by atoms with van der Waals surface area (Å²) in [6.07, 6.45) is 6.08. The molecule has 3 aromatic rings. The highest BCUT2D eigenvalue weighted by Crippen LogP contribution is 2.28. The molecule has 0 aromatic heterocycles. The first-order valence-electron chi connectivity index (χ1n) is 14.8. The van der Waals surface area contributed by atoms with Gasteiger partial charge in [-0.3, -0.25) is 24.0 Å². The summed E-state index contributed by atoms with van der Waals surface area (Å²) < 4.78 is 27.1. The maximum Gasteiger partial charge on any atom is 0.271 e. The van der Waals surface area contributed by atoms with Crippen LogP contribution in [0.15, 0.2) is 72.8 Å². The van der Waals surface area contributed by atoms with E-state index in [4.69, 9.17) is 0 Å². The Morgan fingerprint density at radius 3 is 2.25 bits per heavy atom. The van der Waals surface area contributed by atoms with E-state index in [1.807, 2.05) is 61.5 Å². The van der Waals surface area contributed by atoms with Crippen LogP contribution in [-0.4, -0.2) is 54.9 Å². The van der Waals surface area contributed by atoms with Crippen molar-refractivity contribution >= 4 is 33.2 Å². The molecule has 11 heteroatoms. The normalized spacial score (nSPS) is 14.4. The van der Waals surface area contributed by atoms with Gasteiger partial charge in [0.25, 0.3) is 5.69 Å². The third-order valence-electron chi connectivity index (χ3n) is 8.18. The standard InChI is InChI=1S/C33H40N4O6S/c1-24-12-10-11-15-27(24)22-35(31(20-26-13-6-4-7-14-26)33(39)34-28-16-8-5-9-17-28)32(38)23-36(44(3,42)43)30-21-29(37(40)41)19-18-25(30)2/h4,6-7,10-15,18-19,21,28,31H,5,8-9,16-17,20,22-23H2,1-3H3,(H,34,39)/t31-/m0/s1. The van der Waals surface area contributed by atoms with E-state index >= 15 is 0 Å². The molecule has 2 amide bonds. The van der Waals surface area contributed by atoms with E-state index in [1.165, 1.54) is 17.0 Å². The number of rotatable bonds is 12. The van der Waals surface area contributed by atoms with Crippen LogP contribution in [0.3, 0.4) is 0 Å². The van der Waals surface area contributed by atoms with Gasteiger partial charge in [-0.15, -0.1) is 0 Å². The lowest BCUT2D eigenvalue weighted by atomic mass is 9.94. The number of non-ortho nitro benzene ring substituents is 1. The van der Waals surface area contributed by atoms with Crippen LogP contribution in [0.1, 0.15) is 54.4 Å². The Bertz CT molecular complexity index is 1590. The Morgan fingerprint density at radius 2 is 1.61 bits per heavy atom. The number of sulfonamides is 1. The van der Waals surface area contributed by atoms with Crippen LogP contribution in [0.2, 0.25) is 0 Å². The van der Waals surface area contributed by atoms with E-state index in [1.54, 1.807) is 6.92 Å².